The molecule has 1 fully saturated rings. The van der Waals surface area contributed by atoms with Crippen LogP contribution >= 0.6 is 11.6 Å². The molecular formula is C19H24ClF3N4O2. The maximum Gasteiger partial charge on any atom is 0.417 e. The number of carbonyl (C=O) groups is 2. The molecule has 0 spiro atoms. The molecule has 1 atom stereocenters. The Balaban J connectivity index is 1.88. The van der Waals surface area contributed by atoms with Crippen LogP contribution in [0.25, 0.3) is 0 Å². The Labute approximate surface area is 172 Å². The molecule has 1 heterocycles. The minimum atomic E-state index is -4.60. The van der Waals surface area contributed by atoms with E-state index in [4.69, 9.17) is 11.6 Å². The van der Waals surface area contributed by atoms with Crippen LogP contribution in [0.2, 0.25) is 5.02 Å². The van der Waals surface area contributed by atoms with Gasteiger partial charge in [0.2, 0.25) is 11.8 Å². The Morgan fingerprint density at radius 1 is 1.28 bits per heavy atom. The second kappa shape index (κ2) is 10.1. The molecule has 1 aliphatic rings. The van der Waals surface area contributed by atoms with Crippen LogP contribution in [0.15, 0.2) is 30.9 Å². The van der Waals surface area contributed by atoms with E-state index in [-0.39, 0.29) is 18.1 Å². The van der Waals surface area contributed by atoms with Crippen molar-refractivity contribution in [3.8, 4) is 0 Å². The van der Waals surface area contributed by atoms with Crippen molar-refractivity contribution in [3.63, 3.8) is 0 Å². The van der Waals surface area contributed by atoms with Crippen LogP contribution in [-0.2, 0) is 15.8 Å². The average Bonchev–Trinajstić information content (AvgIpc) is 2.67. The Kier molecular flexibility index (Phi) is 8.06. The molecule has 10 heteroatoms. The third-order valence-corrected chi connectivity index (χ3v) is 5.01. The molecule has 6 nitrogen and oxygen atoms in total. The highest BCUT2D eigenvalue weighted by Crippen LogP contribution is 2.36. The van der Waals surface area contributed by atoms with E-state index in [0.29, 0.717) is 32.7 Å². The summed E-state index contributed by atoms with van der Waals surface area (Å²) in [6.45, 7) is 8.28. The van der Waals surface area contributed by atoms with Gasteiger partial charge in [-0.25, -0.2) is 0 Å². The number of nitrogens with zero attached hydrogens (tertiary/aromatic N) is 2. The highest BCUT2D eigenvalue weighted by Gasteiger charge is 2.34. The van der Waals surface area contributed by atoms with Crippen LogP contribution in [0.4, 0.5) is 18.9 Å². The molecular weight excluding hydrogens is 409 g/mol. The lowest BCUT2D eigenvalue weighted by atomic mass is 10.1. The highest BCUT2D eigenvalue weighted by atomic mass is 35.5. The smallest absolute Gasteiger partial charge is 0.352 e. The molecule has 0 unspecified atom stereocenters. The Bertz CT molecular complexity index is 749. The number of amides is 2. The Hall–Kier alpha value is -2.10. The fraction of sp³-hybridized carbons (Fsp3) is 0.474. The van der Waals surface area contributed by atoms with Crippen LogP contribution < -0.4 is 10.6 Å². The van der Waals surface area contributed by atoms with Crippen LogP contribution in [-0.4, -0.2) is 66.9 Å². The maximum atomic E-state index is 13.0. The predicted octanol–water partition coefficient (Wildman–Crippen LogP) is 2.61. The van der Waals surface area contributed by atoms with Gasteiger partial charge in [0, 0.05) is 38.4 Å². The molecule has 0 aliphatic carbocycles. The number of hydrogen-bond acceptors (Lipinski definition) is 4. The second-order valence-corrected chi connectivity index (χ2v) is 7.17. The van der Waals surface area contributed by atoms with Crippen LogP contribution in [0, 0.1) is 0 Å². The summed E-state index contributed by atoms with van der Waals surface area (Å²) in [7, 11) is 0. The van der Waals surface area contributed by atoms with Crippen LogP contribution in [0.3, 0.4) is 0 Å². The molecule has 2 amide bonds. The number of nitrogens with one attached hydrogen (secondary N) is 2. The Morgan fingerprint density at radius 3 is 2.52 bits per heavy atom. The molecule has 0 saturated carbocycles. The standard InChI is InChI=1S/C19H24ClF3N4O2/c1-3-6-24-17(28)12-26-7-9-27(10-8-26)13(2)18(29)25-14-4-5-16(20)15(11-14)19(21,22)23/h3-5,11,13H,1,6-10,12H2,2H3,(H,24,28)(H,25,29)/t13-/m1/s1. The molecule has 2 rings (SSSR count). The van der Waals surface area contributed by atoms with Crippen molar-refractivity contribution in [1.29, 1.82) is 0 Å². The minimum Gasteiger partial charge on any atom is -0.352 e. The molecule has 0 aromatic heterocycles. The first-order valence-electron chi connectivity index (χ1n) is 9.13. The lowest BCUT2D eigenvalue weighted by Gasteiger charge is -2.37. The van der Waals surface area contributed by atoms with E-state index < -0.39 is 28.7 Å². The summed E-state index contributed by atoms with van der Waals surface area (Å²) in [5, 5.41) is 4.81. The molecule has 29 heavy (non-hydrogen) atoms. The third kappa shape index (κ3) is 6.73. The van der Waals surface area contributed by atoms with E-state index in [1.54, 1.807) is 13.0 Å². The molecule has 1 aromatic rings. The summed E-state index contributed by atoms with van der Waals surface area (Å²) in [6, 6.07) is 2.74. The number of halogens is 4. The van der Waals surface area contributed by atoms with Gasteiger partial charge in [-0.15, -0.1) is 6.58 Å². The molecule has 2 N–H and O–H groups in total. The molecule has 160 valence electrons. The number of benzene rings is 1. The number of anilines is 1. The van der Waals surface area contributed by atoms with E-state index >= 15 is 0 Å². The number of hydrogen-bond donors (Lipinski definition) is 2. The predicted molar refractivity (Wildman–Crippen MR) is 106 cm³/mol. The van der Waals surface area contributed by atoms with Crippen molar-refractivity contribution in [2.75, 3.05) is 44.6 Å². The van der Waals surface area contributed by atoms with Gasteiger partial charge in [0.1, 0.15) is 0 Å². The number of rotatable bonds is 7. The largest absolute Gasteiger partial charge is 0.417 e. The van der Waals surface area contributed by atoms with E-state index in [0.717, 1.165) is 12.1 Å². The van der Waals surface area contributed by atoms with E-state index in [1.807, 2.05) is 9.80 Å². The van der Waals surface area contributed by atoms with Crippen molar-refractivity contribution in [3.05, 3.63) is 41.4 Å². The van der Waals surface area contributed by atoms with Gasteiger partial charge in [-0.2, -0.15) is 13.2 Å². The zero-order valence-corrected chi connectivity index (χ0v) is 16.8. The van der Waals surface area contributed by atoms with Crippen molar-refractivity contribution in [2.24, 2.45) is 0 Å². The molecule has 1 aliphatic heterocycles. The topological polar surface area (TPSA) is 64.7 Å². The lowest BCUT2D eigenvalue weighted by molar-refractivity contribution is -0.137. The van der Waals surface area contributed by atoms with E-state index in [9.17, 15) is 22.8 Å². The Morgan fingerprint density at radius 2 is 1.93 bits per heavy atom. The summed E-state index contributed by atoms with van der Waals surface area (Å²) in [5.74, 6) is -0.495. The average molecular weight is 433 g/mol. The van der Waals surface area contributed by atoms with Crippen LogP contribution in [0.5, 0.6) is 0 Å². The fourth-order valence-electron chi connectivity index (χ4n) is 2.99. The zero-order chi connectivity index (χ0) is 21.6. The maximum absolute atomic E-state index is 13.0. The first-order chi connectivity index (χ1) is 13.6. The van der Waals surface area contributed by atoms with Gasteiger partial charge < -0.3 is 10.6 Å². The number of piperazine rings is 1. The third-order valence-electron chi connectivity index (χ3n) is 4.68. The van der Waals surface area contributed by atoms with Gasteiger partial charge in [0.05, 0.1) is 23.2 Å². The monoisotopic (exact) mass is 432 g/mol. The van der Waals surface area contributed by atoms with Gasteiger partial charge in [0.15, 0.2) is 0 Å². The first-order valence-corrected chi connectivity index (χ1v) is 9.51. The zero-order valence-electron chi connectivity index (χ0n) is 16.1. The van der Waals surface area contributed by atoms with E-state index in [1.165, 1.54) is 6.07 Å². The van der Waals surface area contributed by atoms with Gasteiger partial charge in [-0.05, 0) is 25.1 Å². The summed E-state index contributed by atoms with van der Waals surface area (Å²) in [4.78, 5) is 28.1. The van der Waals surface area contributed by atoms with Crippen molar-refractivity contribution >= 4 is 29.1 Å². The molecule has 1 aromatic carbocycles. The molecule has 0 radical (unpaired) electrons. The quantitative estimate of drug-likeness (QED) is 0.650. The van der Waals surface area contributed by atoms with Crippen molar-refractivity contribution in [2.45, 2.75) is 19.1 Å². The summed E-state index contributed by atoms with van der Waals surface area (Å²) >= 11 is 5.60. The van der Waals surface area contributed by atoms with Crippen LogP contribution in [0.1, 0.15) is 12.5 Å². The highest BCUT2D eigenvalue weighted by molar-refractivity contribution is 6.31. The van der Waals surface area contributed by atoms with Gasteiger partial charge in [-0.3, -0.25) is 19.4 Å². The van der Waals surface area contributed by atoms with E-state index in [2.05, 4.69) is 17.2 Å². The minimum absolute atomic E-state index is 0.0381. The van der Waals surface area contributed by atoms with Gasteiger partial charge in [0.25, 0.3) is 0 Å². The normalized spacial score (nSPS) is 16.9. The van der Waals surface area contributed by atoms with Gasteiger partial charge in [-0.1, -0.05) is 17.7 Å². The second-order valence-electron chi connectivity index (χ2n) is 6.76. The SMILES string of the molecule is C=CCNC(=O)CN1CCN([C@H](C)C(=O)Nc2ccc(Cl)c(C(F)(F)F)c2)CC1. The molecule has 0 bridgehead atoms. The number of alkyl halides is 3. The lowest BCUT2D eigenvalue weighted by Crippen LogP contribution is -2.54. The van der Waals surface area contributed by atoms with Crippen molar-refractivity contribution < 1.29 is 22.8 Å². The first kappa shape index (κ1) is 23.2. The summed E-state index contributed by atoms with van der Waals surface area (Å²) in [6.07, 6.45) is -2.99. The fourth-order valence-corrected chi connectivity index (χ4v) is 3.21. The summed E-state index contributed by atoms with van der Waals surface area (Å²) < 4.78 is 38.9. The van der Waals surface area contributed by atoms with Crippen molar-refractivity contribution in [1.82, 2.24) is 15.1 Å². The van der Waals surface area contributed by atoms with Gasteiger partial charge >= 0.3 is 6.18 Å². The number of carbonyl (C=O) groups excluding carboxylic acids is 2. The molecule has 1 saturated heterocycles. The summed E-state index contributed by atoms with van der Waals surface area (Å²) in [5.41, 5.74) is -0.955.